The Hall–Kier alpha value is -7.57. The van der Waals surface area contributed by atoms with Gasteiger partial charge < -0.3 is 4.42 Å². The van der Waals surface area contributed by atoms with Gasteiger partial charge in [0.25, 0.3) is 0 Å². The molecule has 11 rings (SSSR count). The lowest BCUT2D eigenvalue weighted by molar-refractivity contribution is 0.669. The van der Waals surface area contributed by atoms with Gasteiger partial charge in [0.05, 0.1) is 22.1 Å². The van der Waals surface area contributed by atoms with Gasteiger partial charge >= 0.3 is 0 Å². The summed E-state index contributed by atoms with van der Waals surface area (Å²) in [6, 6.07) is 54.4. The molecule has 1 aliphatic rings. The van der Waals surface area contributed by atoms with Crippen molar-refractivity contribution in [3.63, 3.8) is 0 Å². The van der Waals surface area contributed by atoms with Crippen molar-refractivity contribution in [2.75, 3.05) is 0 Å². The molecule has 0 radical (unpaired) electrons. The van der Waals surface area contributed by atoms with Crippen LogP contribution in [0.5, 0.6) is 0 Å². The number of hydrogen-bond acceptors (Lipinski definition) is 6. The maximum absolute atomic E-state index is 6.15. The molecule has 0 bridgehead atoms. The van der Waals surface area contributed by atoms with Crippen molar-refractivity contribution in [1.82, 2.24) is 24.9 Å². The second kappa shape index (κ2) is 13.6. The zero-order valence-corrected chi connectivity index (χ0v) is 30.8. The summed E-state index contributed by atoms with van der Waals surface area (Å²) in [7, 11) is 0. The molecular formula is C51H33N5O. The lowest BCUT2D eigenvalue weighted by Crippen LogP contribution is -2.03. The maximum Gasteiger partial charge on any atom is 0.164 e. The van der Waals surface area contributed by atoms with Gasteiger partial charge in [0.15, 0.2) is 17.5 Å². The first-order valence-corrected chi connectivity index (χ1v) is 19.2. The van der Waals surface area contributed by atoms with Crippen LogP contribution in [0.15, 0.2) is 180 Å². The van der Waals surface area contributed by atoms with Gasteiger partial charge in [-0.2, -0.15) is 0 Å². The van der Waals surface area contributed by atoms with E-state index in [1.165, 1.54) is 5.56 Å². The van der Waals surface area contributed by atoms with Crippen molar-refractivity contribution >= 4 is 49.6 Å². The first-order chi connectivity index (χ1) is 28.2. The third-order valence-electron chi connectivity index (χ3n) is 10.8. The number of benzene rings is 7. The van der Waals surface area contributed by atoms with Crippen LogP contribution in [0.3, 0.4) is 0 Å². The summed E-state index contributed by atoms with van der Waals surface area (Å²) in [5, 5.41) is 2.11. The van der Waals surface area contributed by atoms with Crippen molar-refractivity contribution in [2.45, 2.75) is 12.8 Å². The van der Waals surface area contributed by atoms with E-state index < -0.39 is 0 Å². The molecule has 57 heavy (non-hydrogen) atoms. The summed E-state index contributed by atoms with van der Waals surface area (Å²) in [6.45, 7) is 0. The molecule has 3 heterocycles. The third kappa shape index (κ3) is 6.04. The zero-order valence-electron chi connectivity index (χ0n) is 30.8. The van der Waals surface area contributed by atoms with Crippen LogP contribution >= 0.6 is 0 Å². The molecular weight excluding hydrogens is 699 g/mol. The quantitative estimate of drug-likeness (QED) is 0.158. The Morgan fingerprint density at radius 2 is 1.05 bits per heavy atom. The minimum absolute atomic E-state index is 0.645. The van der Waals surface area contributed by atoms with Crippen LogP contribution in [0, 0.1) is 0 Å². The Morgan fingerprint density at radius 1 is 0.404 bits per heavy atom. The van der Waals surface area contributed by atoms with E-state index >= 15 is 0 Å². The number of aromatic nitrogens is 5. The Kier molecular flexibility index (Phi) is 7.84. The molecule has 0 spiro atoms. The molecule has 0 saturated carbocycles. The third-order valence-corrected chi connectivity index (χ3v) is 10.8. The van der Waals surface area contributed by atoms with E-state index in [2.05, 4.69) is 133 Å². The molecule has 1 aliphatic carbocycles. The van der Waals surface area contributed by atoms with Crippen molar-refractivity contribution in [3.8, 4) is 56.2 Å². The summed E-state index contributed by atoms with van der Waals surface area (Å²) < 4.78 is 6.15. The van der Waals surface area contributed by atoms with E-state index in [4.69, 9.17) is 29.3 Å². The molecule has 0 fully saturated rings. The Bertz CT molecular complexity index is 3240. The Labute approximate surface area is 328 Å². The highest BCUT2D eigenvalue weighted by atomic mass is 16.3. The van der Waals surface area contributed by atoms with E-state index in [9.17, 15) is 0 Å². The first kappa shape index (κ1) is 32.8. The van der Waals surface area contributed by atoms with E-state index in [1.807, 2.05) is 42.5 Å². The summed E-state index contributed by atoms with van der Waals surface area (Å²) >= 11 is 0. The fourth-order valence-electron chi connectivity index (χ4n) is 7.86. The molecule has 6 nitrogen and oxygen atoms in total. The molecule has 0 unspecified atom stereocenters. The standard InChI is InChI=1S/C51H33N5O/c1-3-12-32(13-4-1)33-24-26-35(27-25-33)50-54-49(34-14-5-2-6-15-34)55-51(56-50)39-19-10-17-37(29-39)36-16-9-18-38(28-36)40-21-11-22-43-48(40)53-44-30-42-41-20-7-8-23-46(41)57-47(42)31-45(44)52-43/h1-5,7-14,16-31H,6,15H2. The summed E-state index contributed by atoms with van der Waals surface area (Å²) in [6.07, 6.45) is 8.24. The molecule has 0 N–H and O–H groups in total. The van der Waals surface area contributed by atoms with Crippen molar-refractivity contribution < 1.29 is 4.42 Å². The number of rotatable bonds is 6. The maximum atomic E-state index is 6.15. The fraction of sp³-hybridized carbons (Fsp3) is 0.0392. The molecule has 7 aromatic carbocycles. The summed E-state index contributed by atoms with van der Waals surface area (Å²) in [4.78, 5) is 25.4. The zero-order chi connectivity index (χ0) is 37.7. The van der Waals surface area contributed by atoms with E-state index in [-0.39, 0.29) is 0 Å². The van der Waals surface area contributed by atoms with Crippen LogP contribution in [0.2, 0.25) is 0 Å². The number of para-hydroxylation sites is 2. The molecule has 0 amide bonds. The van der Waals surface area contributed by atoms with Gasteiger partial charge in [-0.1, -0.05) is 140 Å². The fourth-order valence-corrected chi connectivity index (χ4v) is 7.86. The highest BCUT2D eigenvalue weighted by Gasteiger charge is 2.17. The van der Waals surface area contributed by atoms with Crippen molar-refractivity contribution in [2.24, 2.45) is 0 Å². The Morgan fingerprint density at radius 3 is 1.88 bits per heavy atom. The van der Waals surface area contributed by atoms with Crippen molar-refractivity contribution in [3.05, 3.63) is 182 Å². The van der Waals surface area contributed by atoms with Crippen LogP contribution in [0.25, 0.3) is 106 Å². The lowest BCUT2D eigenvalue weighted by atomic mass is 9.97. The van der Waals surface area contributed by atoms with Crippen LogP contribution in [-0.4, -0.2) is 24.9 Å². The highest BCUT2D eigenvalue weighted by molar-refractivity contribution is 6.10. The second-order valence-electron chi connectivity index (χ2n) is 14.4. The van der Waals surface area contributed by atoms with Crippen LogP contribution in [-0.2, 0) is 0 Å². The molecule has 0 saturated heterocycles. The first-order valence-electron chi connectivity index (χ1n) is 19.2. The lowest BCUT2D eigenvalue weighted by Gasteiger charge is -2.13. The highest BCUT2D eigenvalue weighted by Crippen LogP contribution is 2.36. The normalized spacial score (nSPS) is 12.8. The molecule has 268 valence electrons. The topological polar surface area (TPSA) is 77.6 Å². The molecule has 0 aliphatic heterocycles. The number of hydrogen-bond donors (Lipinski definition) is 0. The molecule has 6 heteroatoms. The molecule has 0 atom stereocenters. The van der Waals surface area contributed by atoms with Gasteiger partial charge in [-0.05, 0) is 76.6 Å². The van der Waals surface area contributed by atoms with Crippen LogP contribution < -0.4 is 0 Å². The van der Waals surface area contributed by atoms with E-state index in [0.29, 0.717) is 17.5 Å². The van der Waals surface area contributed by atoms with Gasteiger partial charge in [0, 0.05) is 33.5 Å². The number of fused-ring (bicyclic) bond motifs is 5. The number of allylic oxidation sites excluding steroid dienone is 4. The van der Waals surface area contributed by atoms with Gasteiger partial charge in [0.2, 0.25) is 0 Å². The minimum atomic E-state index is 0.645. The van der Waals surface area contributed by atoms with Crippen LogP contribution in [0.4, 0.5) is 0 Å². The minimum Gasteiger partial charge on any atom is -0.456 e. The summed E-state index contributed by atoms with van der Waals surface area (Å²) in [5.41, 5.74) is 14.6. The monoisotopic (exact) mass is 731 g/mol. The SMILES string of the molecule is C1=CCCC(c2nc(-c3ccc(-c4ccccc4)cc3)nc(-c3cccc(-c4cccc(-c5cccc6nc7cc8oc9ccccc9c8cc7nc56)c4)c3)n2)=C1. The van der Waals surface area contributed by atoms with Gasteiger partial charge in [-0.25, -0.2) is 24.9 Å². The Balaban J connectivity index is 0.977. The predicted molar refractivity (Wildman–Crippen MR) is 231 cm³/mol. The van der Waals surface area contributed by atoms with Gasteiger partial charge in [-0.3, -0.25) is 0 Å². The van der Waals surface area contributed by atoms with Crippen LogP contribution in [0.1, 0.15) is 18.7 Å². The smallest absolute Gasteiger partial charge is 0.164 e. The number of nitrogens with zero attached hydrogens (tertiary/aromatic N) is 5. The second-order valence-corrected chi connectivity index (χ2v) is 14.4. The predicted octanol–water partition coefficient (Wildman–Crippen LogP) is 12.9. The largest absolute Gasteiger partial charge is 0.456 e. The molecule has 3 aromatic heterocycles. The average Bonchev–Trinajstić information content (AvgIpc) is 3.65. The molecule has 10 aromatic rings. The summed E-state index contributed by atoms with van der Waals surface area (Å²) in [5.74, 6) is 2.01. The van der Waals surface area contributed by atoms with Crippen molar-refractivity contribution in [1.29, 1.82) is 0 Å². The van der Waals surface area contributed by atoms with E-state index in [0.717, 1.165) is 101 Å². The number of furan rings is 1. The van der Waals surface area contributed by atoms with E-state index in [1.54, 1.807) is 0 Å². The average molecular weight is 732 g/mol. The van der Waals surface area contributed by atoms with Gasteiger partial charge in [-0.15, -0.1) is 0 Å². The van der Waals surface area contributed by atoms with Gasteiger partial charge in [0.1, 0.15) is 11.2 Å².